The number of likely N-dealkylation sites (tertiary alicyclic amines) is 1. The van der Waals surface area contributed by atoms with Crippen molar-refractivity contribution >= 4 is 17.7 Å². The van der Waals surface area contributed by atoms with E-state index in [4.69, 9.17) is 10.7 Å². The minimum Gasteiger partial charge on any atom is -0.373 e. The smallest absolute Gasteiger partial charge is 0.332 e. The number of nitrogens with zero attached hydrogens (tertiary/aromatic N) is 1. The molecule has 0 amide bonds. The molecule has 1 aliphatic carbocycles. The van der Waals surface area contributed by atoms with Crippen molar-refractivity contribution in [1.29, 1.82) is 0 Å². The average molecular weight is 270 g/mol. The van der Waals surface area contributed by atoms with Gasteiger partial charge >= 0.3 is 5.97 Å². The first-order valence-electron chi connectivity index (χ1n) is 6.93. The van der Waals surface area contributed by atoms with Crippen molar-refractivity contribution in [2.75, 3.05) is 19.3 Å². The van der Waals surface area contributed by atoms with Crippen molar-refractivity contribution in [2.24, 2.45) is 17.2 Å². The highest BCUT2D eigenvalue weighted by atomic mass is 32.2. The molecule has 4 unspecified atom stereocenters. The number of carbonyl (C=O) groups is 1. The van der Waals surface area contributed by atoms with Crippen LogP contribution in [-0.2, 0) is 9.63 Å². The van der Waals surface area contributed by atoms with Gasteiger partial charge in [0.1, 0.15) is 0 Å². The standard InChI is InChI=1S/C13H22N2O2S/c1-15-7-6-13(11-8-18-11,12(16)17-14)9-4-2-3-5-10(9)15/h9-11H,2-8,14H2,1H3. The highest BCUT2D eigenvalue weighted by Gasteiger charge is 2.61. The van der Waals surface area contributed by atoms with E-state index in [9.17, 15) is 4.79 Å². The van der Waals surface area contributed by atoms with Crippen molar-refractivity contribution < 1.29 is 9.63 Å². The fraction of sp³-hybridized carbons (Fsp3) is 0.923. The molecule has 4 nitrogen and oxygen atoms in total. The maximum atomic E-state index is 12.4. The molecule has 2 aliphatic heterocycles. The van der Waals surface area contributed by atoms with Crippen LogP contribution < -0.4 is 5.90 Å². The summed E-state index contributed by atoms with van der Waals surface area (Å²) in [6, 6.07) is 0.549. The number of fused-ring (bicyclic) bond motifs is 1. The molecular formula is C13H22N2O2S. The van der Waals surface area contributed by atoms with Crippen LogP contribution in [-0.4, -0.2) is 41.5 Å². The second-order valence-electron chi connectivity index (χ2n) is 5.96. The van der Waals surface area contributed by atoms with Gasteiger partial charge in [-0.05, 0) is 38.8 Å². The average Bonchev–Trinajstić information content (AvgIpc) is 3.24. The molecule has 2 N–H and O–H groups in total. The lowest BCUT2D eigenvalue weighted by molar-refractivity contribution is -0.168. The number of hydrogen-bond donors (Lipinski definition) is 1. The molecule has 102 valence electrons. The van der Waals surface area contributed by atoms with Crippen molar-refractivity contribution in [3.05, 3.63) is 0 Å². The predicted octanol–water partition coefficient (Wildman–Crippen LogP) is 1.40. The van der Waals surface area contributed by atoms with Crippen LogP contribution in [0.15, 0.2) is 0 Å². The molecule has 18 heavy (non-hydrogen) atoms. The Bertz CT molecular complexity index is 348. The molecule has 0 aromatic carbocycles. The van der Waals surface area contributed by atoms with Crippen LogP contribution >= 0.6 is 11.8 Å². The fourth-order valence-electron chi connectivity index (χ4n) is 4.19. The number of thioether (sulfide) groups is 1. The minimum absolute atomic E-state index is 0.150. The van der Waals surface area contributed by atoms with Gasteiger partial charge in [0.2, 0.25) is 0 Å². The number of rotatable bonds is 2. The van der Waals surface area contributed by atoms with Gasteiger partial charge in [0, 0.05) is 17.0 Å². The monoisotopic (exact) mass is 270 g/mol. The van der Waals surface area contributed by atoms with Crippen LogP contribution in [0, 0.1) is 11.3 Å². The van der Waals surface area contributed by atoms with Gasteiger partial charge in [-0.25, -0.2) is 4.79 Å². The van der Waals surface area contributed by atoms with Gasteiger partial charge in [0.05, 0.1) is 5.41 Å². The zero-order valence-corrected chi connectivity index (χ0v) is 11.7. The van der Waals surface area contributed by atoms with E-state index in [2.05, 4.69) is 11.9 Å². The summed E-state index contributed by atoms with van der Waals surface area (Å²) in [7, 11) is 2.20. The molecule has 0 radical (unpaired) electrons. The molecule has 2 heterocycles. The van der Waals surface area contributed by atoms with Crippen molar-refractivity contribution in [3.63, 3.8) is 0 Å². The summed E-state index contributed by atoms with van der Waals surface area (Å²) >= 11 is 1.90. The third-order valence-corrected chi connectivity index (χ3v) is 6.32. The summed E-state index contributed by atoms with van der Waals surface area (Å²) in [4.78, 5) is 19.5. The normalized spacial score (nSPS) is 44.2. The lowest BCUT2D eigenvalue weighted by atomic mass is 9.61. The molecular weight excluding hydrogens is 248 g/mol. The minimum atomic E-state index is -0.295. The van der Waals surface area contributed by atoms with Crippen LogP contribution in [0.5, 0.6) is 0 Å². The molecule has 3 fully saturated rings. The summed E-state index contributed by atoms with van der Waals surface area (Å²) in [5.41, 5.74) is -0.295. The van der Waals surface area contributed by atoms with Gasteiger partial charge in [0.25, 0.3) is 0 Å². The van der Waals surface area contributed by atoms with E-state index >= 15 is 0 Å². The quantitative estimate of drug-likeness (QED) is 0.607. The molecule has 0 spiro atoms. The lowest BCUT2D eigenvalue weighted by Crippen LogP contribution is -2.59. The van der Waals surface area contributed by atoms with E-state index < -0.39 is 0 Å². The van der Waals surface area contributed by atoms with Crippen LogP contribution in [0.1, 0.15) is 32.1 Å². The number of piperidine rings is 1. The second-order valence-corrected chi connectivity index (χ2v) is 7.19. The Morgan fingerprint density at radius 3 is 2.83 bits per heavy atom. The Balaban J connectivity index is 1.94. The fourth-order valence-corrected chi connectivity index (χ4v) is 5.27. The van der Waals surface area contributed by atoms with E-state index in [0.717, 1.165) is 25.1 Å². The van der Waals surface area contributed by atoms with Gasteiger partial charge in [0.15, 0.2) is 0 Å². The Hall–Kier alpha value is -0.260. The van der Waals surface area contributed by atoms with Gasteiger partial charge in [-0.3, -0.25) is 0 Å². The van der Waals surface area contributed by atoms with Gasteiger partial charge in [-0.1, -0.05) is 12.8 Å². The third kappa shape index (κ3) is 1.79. The summed E-state index contributed by atoms with van der Waals surface area (Å²) in [5.74, 6) is 6.63. The molecule has 1 saturated carbocycles. The molecule has 4 atom stereocenters. The molecule has 3 aliphatic rings. The molecule has 5 heteroatoms. The van der Waals surface area contributed by atoms with Gasteiger partial charge in [-0.2, -0.15) is 17.7 Å². The van der Waals surface area contributed by atoms with Crippen LogP contribution in [0.3, 0.4) is 0 Å². The highest BCUT2D eigenvalue weighted by Crippen LogP contribution is 2.57. The van der Waals surface area contributed by atoms with Gasteiger partial charge < -0.3 is 9.74 Å². The topological polar surface area (TPSA) is 55.6 Å². The summed E-state index contributed by atoms with van der Waals surface area (Å²) < 4.78 is 0. The van der Waals surface area contributed by atoms with Gasteiger partial charge in [-0.15, -0.1) is 0 Å². The van der Waals surface area contributed by atoms with Crippen molar-refractivity contribution in [3.8, 4) is 0 Å². The van der Waals surface area contributed by atoms with Crippen LogP contribution in [0.4, 0.5) is 0 Å². The Morgan fingerprint density at radius 1 is 1.44 bits per heavy atom. The molecule has 0 aromatic rings. The van der Waals surface area contributed by atoms with E-state index in [1.807, 2.05) is 11.8 Å². The zero-order valence-electron chi connectivity index (χ0n) is 10.9. The Labute approximate surface area is 113 Å². The van der Waals surface area contributed by atoms with E-state index in [0.29, 0.717) is 17.2 Å². The number of carbonyl (C=O) groups excluding carboxylic acids is 1. The van der Waals surface area contributed by atoms with Crippen molar-refractivity contribution in [2.45, 2.75) is 43.4 Å². The molecule has 2 saturated heterocycles. The number of hydrogen-bond acceptors (Lipinski definition) is 5. The first-order valence-corrected chi connectivity index (χ1v) is 7.98. The largest absolute Gasteiger partial charge is 0.373 e. The second kappa shape index (κ2) is 4.69. The SMILES string of the molecule is CN1CCC(C(=O)ON)(C2CS2)C2CCCCC21. The highest BCUT2D eigenvalue weighted by molar-refractivity contribution is 8.07. The molecule has 0 bridgehead atoms. The van der Waals surface area contributed by atoms with E-state index in [1.165, 1.54) is 19.3 Å². The summed E-state index contributed by atoms with van der Waals surface area (Å²) in [6.07, 6.45) is 5.82. The first-order chi connectivity index (χ1) is 8.70. The Morgan fingerprint density at radius 2 is 2.17 bits per heavy atom. The van der Waals surface area contributed by atoms with E-state index in [-0.39, 0.29) is 11.4 Å². The maximum absolute atomic E-state index is 12.4. The summed E-state index contributed by atoms with van der Waals surface area (Å²) in [6.45, 7) is 0.993. The molecule has 0 aromatic heterocycles. The van der Waals surface area contributed by atoms with Crippen molar-refractivity contribution in [1.82, 2.24) is 4.90 Å². The third-order valence-electron chi connectivity index (χ3n) is 5.23. The number of nitrogens with two attached hydrogens (primary N) is 1. The van der Waals surface area contributed by atoms with Crippen LogP contribution in [0.2, 0.25) is 0 Å². The zero-order chi connectivity index (χ0) is 12.8. The maximum Gasteiger partial charge on any atom is 0.332 e. The molecule has 3 rings (SSSR count). The first kappa shape index (κ1) is 12.8. The summed E-state index contributed by atoms with van der Waals surface area (Å²) in [5, 5.41) is 0.452. The van der Waals surface area contributed by atoms with Crippen LogP contribution in [0.25, 0.3) is 0 Å². The lowest BCUT2D eigenvalue weighted by Gasteiger charge is -2.52. The van der Waals surface area contributed by atoms with E-state index in [1.54, 1.807) is 0 Å². The predicted molar refractivity (Wildman–Crippen MR) is 72.0 cm³/mol. The Kier molecular flexibility index (Phi) is 3.32.